The minimum Gasteiger partial charge on any atom is -0.547 e. The van der Waals surface area contributed by atoms with E-state index < -0.39 is 8.32 Å². The van der Waals surface area contributed by atoms with E-state index >= 15 is 0 Å². The molecule has 0 aromatic heterocycles. The van der Waals surface area contributed by atoms with Gasteiger partial charge in [0.1, 0.15) is 0 Å². The molecule has 0 aromatic rings. The van der Waals surface area contributed by atoms with E-state index in [1.54, 1.807) is 0 Å². The highest BCUT2D eigenvalue weighted by Crippen LogP contribution is 2.31. The first-order chi connectivity index (χ1) is 6.65. The van der Waals surface area contributed by atoms with Gasteiger partial charge in [-0.25, -0.2) is 0 Å². The summed E-state index contributed by atoms with van der Waals surface area (Å²) in [5, 5.41) is 0. The van der Waals surface area contributed by atoms with Crippen molar-refractivity contribution in [3.63, 3.8) is 0 Å². The van der Waals surface area contributed by atoms with Gasteiger partial charge in [0.25, 0.3) is 0 Å². The van der Waals surface area contributed by atoms with Gasteiger partial charge in [-0.05, 0) is 36.5 Å². The molecule has 0 aromatic carbocycles. The van der Waals surface area contributed by atoms with E-state index in [0.29, 0.717) is 0 Å². The second kappa shape index (κ2) is 5.01. The van der Waals surface area contributed by atoms with Crippen molar-refractivity contribution in [2.24, 2.45) is 5.92 Å². The summed E-state index contributed by atoms with van der Waals surface area (Å²) in [7, 11) is -1.38. The van der Waals surface area contributed by atoms with Crippen LogP contribution in [0.5, 0.6) is 0 Å². The first-order valence-corrected chi connectivity index (χ1v) is 8.56. The number of allylic oxidation sites excluding steroid dienone is 2. The summed E-state index contributed by atoms with van der Waals surface area (Å²) in [6.07, 6.45) is 4.71. The van der Waals surface area contributed by atoms with E-state index in [1.807, 2.05) is 0 Å². The molecule has 1 unspecified atom stereocenters. The molecule has 1 aliphatic carbocycles. The lowest BCUT2D eigenvalue weighted by molar-refractivity contribution is 0.378. The van der Waals surface area contributed by atoms with Gasteiger partial charge in [-0.2, -0.15) is 0 Å². The van der Waals surface area contributed by atoms with Gasteiger partial charge >= 0.3 is 0 Å². The molecule has 0 N–H and O–H groups in total. The maximum absolute atomic E-state index is 6.32. The van der Waals surface area contributed by atoms with Gasteiger partial charge < -0.3 is 4.43 Å². The Morgan fingerprint density at radius 2 is 1.86 bits per heavy atom. The van der Waals surface area contributed by atoms with E-state index in [9.17, 15) is 0 Å². The molecule has 0 bridgehead atoms. The van der Waals surface area contributed by atoms with Crippen LogP contribution in [0.1, 0.15) is 40.5 Å². The molecule has 1 rings (SSSR count). The van der Waals surface area contributed by atoms with Crippen molar-refractivity contribution in [1.82, 2.24) is 0 Å². The Morgan fingerprint density at radius 1 is 1.29 bits per heavy atom. The quantitative estimate of drug-likeness (QED) is 0.617. The van der Waals surface area contributed by atoms with Crippen LogP contribution in [-0.4, -0.2) is 8.32 Å². The fourth-order valence-electron chi connectivity index (χ4n) is 2.17. The van der Waals surface area contributed by atoms with Gasteiger partial charge in [-0.3, -0.25) is 0 Å². The summed E-state index contributed by atoms with van der Waals surface area (Å²) >= 11 is 0. The van der Waals surface area contributed by atoms with Gasteiger partial charge in [0, 0.05) is 6.42 Å². The Balaban J connectivity index is 2.56. The normalized spacial score (nSPS) is 22.3. The Labute approximate surface area is 89.7 Å². The number of rotatable bonds is 5. The molecule has 1 atom stereocenters. The topological polar surface area (TPSA) is 9.23 Å². The largest absolute Gasteiger partial charge is 0.547 e. The Kier molecular flexibility index (Phi) is 4.23. The van der Waals surface area contributed by atoms with E-state index in [4.69, 9.17) is 4.43 Å². The van der Waals surface area contributed by atoms with Crippen LogP contribution in [0.4, 0.5) is 0 Å². The van der Waals surface area contributed by atoms with Crippen LogP contribution in [0.25, 0.3) is 0 Å². The lowest BCUT2D eigenvalue weighted by Gasteiger charge is -2.29. The summed E-state index contributed by atoms with van der Waals surface area (Å²) in [6.45, 7) is 9.18. The molecule has 14 heavy (non-hydrogen) atoms. The molecule has 82 valence electrons. The first-order valence-electron chi connectivity index (χ1n) is 6.03. The summed E-state index contributed by atoms with van der Waals surface area (Å²) in [5.74, 6) is 2.11. The van der Waals surface area contributed by atoms with Gasteiger partial charge in [0.05, 0.1) is 5.76 Å². The molecular formula is C12H24OSi. The highest BCUT2D eigenvalue weighted by Gasteiger charge is 2.32. The zero-order chi connectivity index (χ0) is 10.6. The molecule has 0 heterocycles. The van der Waals surface area contributed by atoms with Crippen LogP contribution in [0.3, 0.4) is 0 Å². The minimum absolute atomic E-state index is 0.808. The molecule has 0 amide bonds. The van der Waals surface area contributed by atoms with E-state index in [2.05, 4.69) is 33.8 Å². The number of hydrogen-bond donors (Lipinski definition) is 0. The first kappa shape index (κ1) is 11.8. The smallest absolute Gasteiger partial charge is 0.250 e. The lowest BCUT2D eigenvalue weighted by atomic mass is 10.1. The third-order valence-electron chi connectivity index (χ3n) is 3.58. The van der Waals surface area contributed by atoms with Gasteiger partial charge in [0.15, 0.2) is 0 Å². The van der Waals surface area contributed by atoms with Gasteiger partial charge in [0.2, 0.25) is 8.32 Å². The molecule has 0 radical (unpaired) electrons. The third-order valence-corrected chi connectivity index (χ3v) is 8.14. The predicted molar refractivity (Wildman–Crippen MR) is 64.8 cm³/mol. The maximum Gasteiger partial charge on any atom is 0.250 e. The maximum atomic E-state index is 6.32. The van der Waals surface area contributed by atoms with Crippen LogP contribution in [0.15, 0.2) is 11.8 Å². The molecule has 0 spiro atoms. The fourth-order valence-corrected chi connectivity index (χ4v) is 4.83. The molecule has 0 saturated heterocycles. The Hall–Kier alpha value is -0.243. The molecule has 1 nitrogen and oxygen atoms in total. The second-order valence-electron chi connectivity index (χ2n) is 4.56. The van der Waals surface area contributed by atoms with Crippen LogP contribution in [-0.2, 0) is 4.43 Å². The molecule has 0 aliphatic heterocycles. The SMILES string of the molecule is CC[Si](CC)(CC)OC1=CCC(C)C1. The lowest BCUT2D eigenvalue weighted by Crippen LogP contribution is -2.35. The van der Waals surface area contributed by atoms with Crippen molar-refractivity contribution in [2.45, 2.75) is 58.7 Å². The van der Waals surface area contributed by atoms with Crippen molar-refractivity contribution in [3.05, 3.63) is 11.8 Å². The van der Waals surface area contributed by atoms with Gasteiger partial charge in [-0.15, -0.1) is 0 Å². The molecule has 0 fully saturated rings. The van der Waals surface area contributed by atoms with E-state index in [0.717, 1.165) is 5.92 Å². The second-order valence-corrected chi connectivity index (χ2v) is 9.25. The molecule has 0 saturated carbocycles. The molecule has 1 aliphatic rings. The van der Waals surface area contributed by atoms with Crippen molar-refractivity contribution < 1.29 is 4.43 Å². The summed E-state index contributed by atoms with van der Waals surface area (Å²) < 4.78 is 6.32. The van der Waals surface area contributed by atoms with Crippen molar-refractivity contribution in [2.75, 3.05) is 0 Å². The number of hydrogen-bond acceptors (Lipinski definition) is 1. The zero-order valence-electron chi connectivity index (χ0n) is 10.1. The van der Waals surface area contributed by atoms with E-state index in [-0.39, 0.29) is 0 Å². The van der Waals surface area contributed by atoms with Crippen LogP contribution in [0, 0.1) is 5.92 Å². The molecular weight excluding hydrogens is 188 g/mol. The summed E-state index contributed by atoms with van der Waals surface area (Å²) in [5.41, 5.74) is 0. The minimum atomic E-state index is -1.38. The monoisotopic (exact) mass is 212 g/mol. The summed E-state index contributed by atoms with van der Waals surface area (Å²) in [4.78, 5) is 0. The molecule has 2 heteroatoms. The van der Waals surface area contributed by atoms with E-state index in [1.165, 1.54) is 36.7 Å². The highest BCUT2D eigenvalue weighted by atomic mass is 28.4. The van der Waals surface area contributed by atoms with Crippen LogP contribution < -0.4 is 0 Å². The van der Waals surface area contributed by atoms with Crippen molar-refractivity contribution in [1.29, 1.82) is 0 Å². The van der Waals surface area contributed by atoms with Crippen molar-refractivity contribution in [3.8, 4) is 0 Å². The average Bonchev–Trinajstić information content (AvgIpc) is 2.61. The van der Waals surface area contributed by atoms with Crippen molar-refractivity contribution >= 4 is 8.32 Å². The van der Waals surface area contributed by atoms with Gasteiger partial charge in [-0.1, -0.05) is 27.7 Å². The third kappa shape index (κ3) is 2.63. The highest BCUT2D eigenvalue weighted by molar-refractivity contribution is 6.73. The Bertz CT molecular complexity index is 198. The Morgan fingerprint density at radius 3 is 2.21 bits per heavy atom. The average molecular weight is 212 g/mol. The van der Waals surface area contributed by atoms with Crippen LogP contribution >= 0.6 is 0 Å². The standard InChI is InChI=1S/C12H24OSi/c1-5-14(6-2,7-3)13-12-9-8-11(4)10-12/h9,11H,5-8,10H2,1-4H3. The fraction of sp³-hybridized carbons (Fsp3) is 0.833. The zero-order valence-corrected chi connectivity index (χ0v) is 11.1. The van der Waals surface area contributed by atoms with Crippen LogP contribution in [0.2, 0.25) is 18.1 Å². The summed E-state index contributed by atoms with van der Waals surface area (Å²) in [6, 6.07) is 3.77. The predicted octanol–water partition coefficient (Wildman–Crippen LogP) is 4.32.